The summed E-state index contributed by atoms with van der Waals surface area (Å²) in [5.74, 6) is 1.84. The molecule has 1 N–H and O–H groups in total. The van der Waals surface area contributed by atoms with E-state index in [-0.39, 0.29) is 12.4 Å². The van der Waals surface area contributed by atoms with E-state index in [1.807, 2.05) is 4.90 Å². The van der Waals surface area contributed by atoms with Crippen molar-refractivity contribution in [2.75, 3.05) is 26.2 Å². The van der Waals surface area contributed by atoms with Crippen LogP contribution in [0.4, 0.5) is 0 Å². The van der Waals surface area contributed by atoms with Gasteiger partial charge in [-0.3, -0.25) is 4.79 Å². The van der Waals surface area contributed by atoms with Crippen LogP contribution in [0.2, 0.25) is 0 Å². The third-order valence-corrected chi connectivity index (χ3v) is 3.71. The van der Waals surface area contributed by atoms with Crippen LogP contribution in [0.5, 0.6) is 0 Å². The maximum absolute atomic E-state index is 11.9. The van der Waals surface area contributed by atoms with E-state index >= 15 is 0 Å². The maximum atomic E-state index is 11.9. The van der Waals surface area contributed by atoms with Gasteiger partial charge in [0.1, 0.15) is 0 Å². The quantitative estimate of drug-likeness (QED) is 0.822. The van der Waals surface area contributed by atoms with Crippen LogP contribution in [0.15, 0.2) is 0 Å². The van der Waals surface area contributed by atoms with Crippen molar-refractivity contribution in [2.24, 2.45) is 11.8 Å². The number of likely N-dealkylation sites (tertiary alicyclic amines) is 1. The average molecular weight is 247 g/mol. The molecule has 2 aliphatic rings. The van der Waals surface area contributed by atoms with Gasteiger partial charge in [0.25, 0.3) is 0 Å². The third kappa shape index (κ3) is 3.63. The van der Waals surface area contributed by atoms with Crippen LogP contribution in [-0.4, -0.2) is 37.0 Å². The SMILES string of the molecule is CC1CCN(C(=O)CCC2CCNC2)C1.Cl. The first-order chi connectivity index (χ1) is 7.25. The van der Waals surface area contributed by atoms with Gasteiger partial charge in [0.15, 0.2) is 0 Å². The van der Waals surface area contributed by atoms with Crippen molar-refractivity contribution in [2.45, 2.75) is 32.6 Å². The molecule has 3 nitrogen and oxygen atoms in total. The minimum atomic E-state index is 0. The Kier molecular flexibility index (Phi) is 5.56. The van der Waals surface area contributed by atoms with Gasteiger partial charge in [-0.1, -0.05) is 6.92 Å². The molecule has 0 aromatic heterocycles. The highest BCUT2D eigenvalue weighted by Gasteiger charge is 2.24. The van der Waals surface area contributed by atoms with Crippen molar-refractivity contribution in [3.63, 3.8) is 0 Å². The number of carbonyl (C=O) groups excluding carboxylic acids is 1. The van der Waals surface area contributed by atoms with Gasteiger partial charge >= 0.3 is 0 Å². The molecule has 0 spiro atoms. The summed E-state index contributed by atoms with van der Waals surface area (Å²) in [5.41, 5.74) is 0. The number of nitrogens with one attached hydrogen (secondary N) is 1. The summed E-state index contributed by atoms with van der Waals surface area (Å²) in [6.45, 7) is 6.46. The molecule has 2 fully saturated rings. The van der Waals surface area contributed by atoms with E-state index in [0.717, 1.165) is 44.9 Å². The first kappa shape index (κ1) is 13.8. The van der Waals surface area contributed by atoms with Crippen molar-refractivity contribution in [1.29, 1.82) is 0 Å². The summed E-state index contributed by atoms with van der Waals surface area (Å²) in [5, 5.41) is 3.35. The number of halogens is 1. The molecule has 0 saturated carbocycles. The lowest BCUT2D eigenvalue weighted by molar-refractivity contribution is -0.130. The van der Waals surface area contributed by atoms with Gasteiger partial charge in [-0.2, -0.15) is 0 Å². The zero-order valence-electron chi connectivity index (χ0n) is 10.1. The molecule has 0 radical (unpaired) electrons. The Morgan fingerprint density at radius 1 is 1.44 bits per heavy atom. The van der Waals surface area contributed by atoms with Crippen LogP contribution in [0.3, 0.4) is 0 Å². The topological polar surface area (TPSA) is 32.3 Å². The summed E-state index contributed by atoms with van der Waals surface area (Å²) >= 11 is 0. The minimum Gasteiger partial charge on any atom is -0.342 e. The zero-order valence-corrected chi connectivity index (χ0v) is 10.9. The van der Waals surface area contributed by atoms with E-state index in [9.17, 15) is 4.79 Å². The molecule has 94 valence electrons. The Morgan fingerprint density at radius 2 is 2.25 bits per heavy atom. The monoisotopic (exact) mass is 246 g/mol. The Morgan fingerprint density at radius 3 is 2.81 bits per heavy atom. The van der Waals surface area contributed by atoms with Crippen LogP contribution in [0, 0.1) is 11.8 Å². The van der Waals surface area contributed by atoms with Crippen molar-refractivity contribution >= 4 is 18.3 Å². The van der Waals surface area contributed by atoms with E-state index in [4.69, 9.17) is 0 Å². The van der Waals surface area contributed by atoms with Crippen LogP contribution >= 0.6 is 12.4 Å². The number of amides is 1. The predicted molar refractivity (Wildman–Crippen MR) is 67.8 cm³/mol. The molecule has 4 heteroatoms. The van der Waals surface area contributed by atoms with E-state index in [2.05, 4.69) is 12.2 Å². The smallest absolute Gasteiger partial charge is 0.222 e. The number of nitrogens with zero attached hydrogens (tertiary/aromatic N) is 1. The fraction of sp³-hybridized carbons (Fsp3) is 0.917. The fourth-order valence-electron chi connectivity index (χ4n) is 2.61. The lowest BCUT2D eigenvalue weighted by Gasteiger charge is -2.16. The second-order valence-corrected chi connectivity index (χ2v) is 5.13. The van der Waals surface area contributed by atoms with Gasteiger partial charge in [-0.15, -0.1) is 12.4 Å². The molecule has 2 aliphatic heterocycles. The van der Waals surface area contributed by atoms with E-state index in [1.165, 1.54) is 12.8 Å². The Labute approximate surface area is 104 Å². The lowest BCUT2D eigenvalue weighted by Crippen LogP contribution is -2.28. The standard InChI is InChI=1S/C12H22N2O.ClH/c1-10-5-7-14(9-10)12(15)3-2-11-4-6-13-8-11;/h10-11,13H,2-9H2,1H3;1H. The molecule has 16 heavy (non-hydrogen) atoms. The average Bonchev–Trinajstić information content (AvgIpc) is 2.84. The summed E-state index contributed by atoms with van der Waals surface area (Å²) < 4.78 is 0. The van der Waals surface area contributed by atoms with Crippen LogP contribution in [0.25, 0.3) is 0 Å². The number of rotatable bonds is 3. The van der Waals surface area contributed by atoms with Crippen molar-refractivity contribution in [1.82, 2.24) is 10.2 Å². The van der Waals surface area contributed by atoms with Gasteiger partial charge in [0.05, 0.1) is 0 Å². The molecule has 0 aromatic rings. The number of hydrogen-bond donors (Lipinski definition) is 1. The van der Waals surface area contributed by atoms with Crippen molar-refractivity contribution in [3.05, 3.63) is 0 Å². The Balaban J connectivity index is 0.00000128. The molecule has 2 saturated heterocycles. The van der Waals surface area contributed by atoms with Crippen LogP contribution < -0.4 is 5.32 Å². The lowest BCUT2D eigenvalue weighted by atomic mass is 10.0. The molecule has 2 atom stereocenters. The summed E-state index contributed by atoms with van der Waals surface area (Å²) in [7, 11) is 0. The van der Waals surface area contributed by atoms with Crippen LogP contribution in [0.1, 0.15) is 32.6 Å². The summed E-state index contributed by atoms with van der Waals surface area (Å²) in [4.78, 5) is 13.9. The van der Waals surface area contributed by atoms with E-state index < -0.39 is 0 Å². The normalized spacial score (nSPS) is 29.2. The summed E-state index contributed by atoms with van der Waals surface area (Å²) in [6.07, 6.45) is 4.29. The molecule has 2 unspecified atom stereocenters. The van der Waals surface area contributed by atoms with Crippen molar-refractivity contribution < 1.29 is 4.79 Å². The van der Waals surface area contributed by atoms with Gasteiger partial charge in [-0.25, -0.2) is 0 Å². The molecule has 1 amide bonds. The molecule has 0 bridgehead atoms. The Hall–Kier alpha value is -0.280. The highest BCUT2D eigenvalue weighted by Crippen LogP contribution is 2.19. The second-order valence-electron chi connectivity index (χ2n) is 5.13. The van der Waals surface area contributed by atoms with Crippen molar-refractivity contribution in [3.8, 4) is 0 Å². The predicted octanol–water partition coefficient (Wildman–Crippen LogP) is 1.67. The molecule has 0 aliphatic carbocycles. The van der Waals surface area contributed by atoms with E-state index in [0.29, 0.717) is 11.8 Å². The molecule has 0 aromatic carbocycles. The largest absolute Gasteiger partial charge is 0.342 e. The molecule has 2 rings (SSSR count). The summed E-state index contributed by atoms with van der Waals surface area (Å²) in [6, 6.07) is 0. The Bertz CT molecular complexity index is 229. The molecular weight excluding hydrogens is 224 g/mol. The van der Waals surface area contributed by atoms with Gasteiger partial charge in [0.2, 0.25) is 5.91 Å². The second kappa shape index (κ2) is 6.45. The van der Waals surface area contributed by atoms with Gasteiger partial charge < -0.3 is 10.2 Å². The number of hydrogen-bond acceptors (Lipinski definition) is 2. The molecule has 2 heterocycles. The first-order valence-corrected chi connectivity index (χ1v) is 6.24. The molecular formula is C12H23ClN2O. The van der Waals surface area contributed by atoms with Gasteiger partial charge in [-0.05, 0) is 44.2 Å². The highest BCUT2D eigenvalue weighted by atomic mass is 35.5. The third-order valence-electron chi connectivity index (χ3n) is 3.71. The minimum absolute atomic E-state index is 0. The first-order valence-electron chi connectivity index (χ1n) is 6.24. The zero-order chi connectivity index (χ0) is 10.7. The van der Waals surface area contributed by atoms with Gasteiger partial charge in [0, 0.05) is 19.5 Å². The fourth-order valence-corrected chi connectivity index (χ4v) is 2.61. The van der Waals surface area contributed by atoms with E-state index in [1.54, 1.807) is 0 Å². The maximum Gasteiger partial charge on any atom is 0.222 e. The number of carbonyl (C=O) groups is 1. The van der Waals surface area contributed by atoms with Crippen LogP contribution in [-0.2, 0) is 4.79 Å². The highest BCUT2D eigenvalue weighted by molar-refractivity contribution is 5.85.